The van der Waals surface area contributed by atoms with Crippen molar-refractivity contribution < 1.29 is 4.79 Å². The van der Waals surface area contributed by atoms with Crippen molar-refractivity contribution >= 4 is 5.91 Å². The lowest BCUT2D eigenvalue weighted by atomic mass is 9.90. The Morgan fingerprint density at radius 1 is 1.77 bits per heavy atom. The molecule has 0 aromatic rings. The van der Waals surface area contributed by atoms with Gasteiger partial charge in [-0.15, -0.1) is 0 Å². The fourth-order valence-electron chi connectivity index (χ4n) is 1.71. The Hall–Kier alpha value is -1.08. The first-order valence-electron chi connectivity index (χ1n) is 4.70. The van der Waals surface area contributed by atoms with Crippen LogP contribution in [0.1, 0.15) is 26.2 Å². The second-order valence-corrected chi connectivity index (χ2v) is 3.41. The number of carbonyl (C=O) groups is 1. The number of nitrogens with zero attached hydrogens (tertiary/aromatic N) is 1. The van der Waals surface area contributed by atoms with Gasteiger partial charge in [0.1, 0.15) is 0 Å². The van der Waals surface area contributed by atoms with Crippen molar-refractivity contribution in [1.29, 1.82) is 5.26 Å². The molecule has 0 aromatic heterocycles. The molecule has 1 aliphatic heterocycles. The SMILES string of the molecule is CCC1CCNC(C(=O)NC#N)C1. The lowest BCUT2D eigenvalue weighted by Crippen LogP contribution is -2.47. The van der Waals surface area contributed by atoms with Crippen LogP contribution in [0.5, 0.6) is 0 Å². The van der Waals surface area contributed by atoms with Crippen molar-refractivity contribution in [2.24, 2.45) is 5.92 Å². The van der Waals surface area contributed by atoms with Gasteiger partial charge in [0, 0.05) is 0 Å². The molecule has 1 aliphatic rings. The smallest absolute Gasteiger partial charge is 0.250 e. The van der Waals surface area contributed by atoms with Crippen molar-refractivity contribution in [3.63, 3.8) is 0 Å². The molecule has 13 heavy (non-hydrogen) atoms. The maximum absolute atomic E-state index is 11.3. The fourth-order valence-corrected chi connectivity index (χ4v) is 1.71. The van der Waals surface area contributed by atoms with E-state index in [0.29, 0.717) is 5.92 Å². The third kappa shape index (κ3) is 2.71. The minimum atomic E-state index is -0.194. The zero-order chi connectivity index (χ0) is 9.68. The van der Waals surface area contributed by atoms with Gasteiger partial charge in [-0.3, -0.25) is 10.1 Å². The molecule has 1 saturated heterocycles. The molecular formula is C9H15N3O. The highest BCUT2D eigenvalue weighted by molar-refractivity contribution is 5.83. The summed E-state index contributed by atoms with van der Waals surface area (Å²) in [5.41, 5.74) is 0. The molecule has 0 aliphatic carbocycles. The van der Waals surface area contributed by atoms with E-state index in [-0.39, 0.29) is 11.9 Å². The fraction of sp³-hybridized carbons (Fsp3) is 0.778. The summed E-state index contributed by atoms with van der Waals surface area (Å²) in [6.45, 7) is 3.01. The Bertz CT molecular complexity index is 221. The van der Waals surface area contributed by atoms with Crippen LogP contribution in [0.2, 0.25) is 0 Å². The molecule has 4 nitrogen and oxygen atoms in total. The van der Waals surface area contributed by atoms with E-state index in [1.54, 1.807) is 6.19 Å². The van der Waals surface area contributed by atoms with Gasteiger partial charge in [0.15, 0.2) is 6.19 Å². The van der Waals surface area contributed by atoms with Crippen LogP contribution in [-0.2, 0) is 4.79 Å². The average molecular weight is 181 g/mol. The number of amides is 1. The summed E-state index contributed by atoms with van der Waals surface area (Å²) in [7, 11) is 0. The van der Waals surface area contributed by atoms with Gasteiger partial charge in [0.25, 0.3) is 0 Å². The predicted octanol–water partition coefficient (Wildman–Crippen LogP) is 0.362. The normalized spacial score (nSPS) is 27.7. The summed E-state index contributed by atoms with van der Waals surface area (Å²) in [5.74, 6) is 0.427. The van der Waals surface area contributed by atoms with Crippen LogP contribution in [-0.4, -0.2) is 18.5 Å². The van der Waals surface area contributed by atoms with Crippen LogP contribution in [0.25, 0.3) is 0 Å². The first-order valence-corrected chi connectivity index (χ1v) is 4.70. The van der Waals surface area contributed by atoms with Gasteiger partial charge < -0.3 is 5.32 Å². The molecule has 2 N–H and O–H groups in total. The van der Waals surface area contributed by atoms with E-state index in [1.165, 1.54) is 0 Å². The molecule has 4 heteroatoms. The summed E-state index contributed by atoms with van der Waals surface area (Å²) in [6.07, 6.45) is 4.75. The summed E-state index contributed by atoms with van der Waals surface area (Å²) >= 11 is 0. The van der Waals surface area contributed by atoms with Crippen molar-refractivity contribution in [1.82, 2.24) is 10.6 Å². The lowest BCUT2D eigenvalue weighted by Gasteiger charge is -2.27. The number of piperidine rings is 1. The minimum absolute atomic E-state index is 0.168. The van der Waals surface area contributed by atoms with Crippen LogP contribution < -0.4 is 10.6 Å². The van der Waals surface area contributed by atoms with E-state index in [0.717, 1.165) is 25.8 Å². The first-order chi connectivity index (χ1) is 6.27. The molecule has 2 unspecified atom stereocenters. The summed E-state index contributed by atoms with van der Waals surface area (Å²) in [5, 5.41) is 13.5. The van der Waals surface area contributed by atoms with E-state index in [4.69, 9.17) is 5.26 Å². The van der Waals surface area contributed by atoms with Gasteiger partial charge in [0.2, 0.25) is 5.91 Å². The zero-order valence-corrected chi connectivity index (χ0v) is 7.84. The van der Waals surface area contributed by atoms with E-state index in [9.17, 15) is 4.79 Å². The van der Waals surface area contributed by atoms with Crippen LogP contribution in [0.15, 0.2) is 0 Å². The monoisotopic (exact) mass is 181 g/mol. The summed E-state index contributed by atoms with van der Waals surface area (Å²) in [4.78, 5) is 11.3. The van der Waals surface area contributed by atoms with Crippen molar-refractivity contribution in [3.05, 3.63) is 0 Å². The van der Waals surface area contributed by atoms with Crippen molar-refractivity contribution in [3.8, 4) is 6.19 Å². The number of carbonyl (C=O) groups excluding carboxylic acids is 1. The Morgan fingerprint density at radius 2 is 2.54 bits per heavy atom. The highest BCUT2D eigenvalue weighted by atomic mass is 16.2. The van der Waals surface area contributed by atoms with Gasteiger partial charge in [-0.25, -0.2) is 0 Å². The molecule has 1 heterocycles. The molecule has 0 spiro atoms. The molecule has 1 rings (SSSR count). The average Bonchev–Trinajstić information content (AvgIpc) is 2.18. The molecule has 0 aromatic carbocycles. The Morgan fingerprint density at radius 3 is 3.15 bits per heavy atom. The number of nitrogens with one attached hydrogen (secondary N) is 2. The highest BCUT2D eigenvalue weighted by Crippen LogP contribution is 2.19. The molecule has 1 fully saturated rings. The molecule has 0 bridgehead atoms. The topological polar surface area (TPSA) is 64.9 Å². The molecule has 0 saturated carbocycles. The van der Waals surface area contributed by atoms with Gasteiger partial charge in [-0.2, -0.15) is 5.26 Å². The van der Waals surface area contributed by atoms with Gasteiger partial charge in [-0.1, -0.05) is 13.3 Å². The zero-order valence-electron chi connectivity index (χ0n) is 7.84. The Balaban J connectivity index is 2.42. The Labute approximate surface area is 78.3 Å². The van der Waals surface area contributed by atoms with Crippen molar-refractivity contribution in [2.45, 2.75) is 32.2 Å². The lowest BCUT2D eigenvalue weighted by molar-refractivity contribution is -0.122. The second kappa shape index (κ2) is 4.83. The standard InChI is InChI=1S/C9H15N3O/c1-2-7-3-4-11-8(5-7)9(13)12-6-10/h7-8,11H,2-5H2,1H3,(H,12,13). The molecule has 2 atom stereocenters. The van der Waals surface area contributed by atoms with E-state index >= 15 is 0 Å². The Kier molecular flexibility index (Phi) is 3.71. The van der Waals surface area contributed by atoms with Crippen molar-refractivity contribution in [2.75, 3.05) is 6.54 Å². The van der Waals surface area contributed by atoms with Gasteiger partial charge in [0.05, 0.1) is 6.04 Å². The highest BCUT2D eigenvalue weighted by Gasteiger charge is 2.25. The number of hydrogen-bond acceptors (Lipinski definition) is 3. The maximum atomic E-state index is 11.3. The van der Waals surface area contributed by atoms with E-state index in [1.807, 2.05) is 0 Å². The largest absolute Gasteiger partial charge is 0.306 e. The predicted molar refractivity (Wildman–Crippen MR) is 48.6 cm³/mol. The molecule has 0 radical (unpaired) electrons. The summed E-state index contributed by atoms with van der Waals surface area (Å²) in [6, 6.07) is -0.168. The molecule has 1 amide bonds. The third-order valence-electron chi connectivity index (χ3n) is 2.59. The minimum Gasteiger partial charge on any atom is -0.306 e. The number of rotatable bonds is 2. The molecule has 72 valence electrons. The van der Waals surface area contributed by atoms with Crippen LogP contribution >= 0.6 is 0 Å². The maximum Gasteiger partial charge on any atom is 0.250 e. The summed E-state index contributed by atoms with van der Waals surface area (Å²) < 4.78 is 0. The van der Waals surface area contributed by atoms with Gasteiger partial charge in [-0.05, 0) is 25.3 Å². The van der Waals surface area contributed by atoms with Gasteiger partial charge >= 0.3 is 0 Å². The second-order valence-electron chi connectivity index (χ2n) is 3.41. The number of hydrogen-bond donors (Lipinski definition) is 2. The first kappa shape index (κ1) is 10.0. The van der Waals surface area contributed by atoms with E-state index in [2.05, 4.69) is 17.6 Å². The van der Waals surface area contributed by atoms with Crippen LogP contribution in [0, 0.1) is 17.4 Å². The van der Waals surface area contributed by atoms with Crippen LogP contribution in [0.4, 0.5) is 0 Å². The van der Waals surface area contributed by atoms with E-state index < -0.39 is 0 Å². The number of nitriles is 1. The molecular weight excluding hydrogens is 166 g/mol. The third-order valence-corrected chi connectivity index (χ3v) is 2.59. The quantitative estimate of drug-likeness (QED) is 0.477. The van der Waals surface area contributed by atoms with Crippen LogP contribution in [0.3, 0.4) is 0 Å².